The van der Waals surface area contributed by atoms with Crippen LogP contribution in [0.2, 0.25) is 0 Å². The first kappa shape index (κ1) is 12.7. The average Bonchev–Trinajstić information content (AvgIpc) is 3.10. The molecule has 0 aliphatic carbocycles. The Bertz CT molecular complexity index is 598. The Balaban J connectivity index is 1.70. The molecule has 6 nitrogen and oxygen atoms in total. The van der Waals surface area contributed by atoms with Crippen molar-refractivity contribution < 1.29 is 4.79 Å². The van der Waals surface area contributed by atoms with Gasteiger partial charge in [0, 0.05) is 24.3 Å². The molecule has 1 amide bonds. The first-order valence-corrected chi connectivity index (χ1v) is 6.75. The van der Waals surface area contributed by atoms with E-state index >= 15 is 0 Å². The van der Waals surface area contributed by atoms with Gasteiger partial charge in [-0.25, -0.2) is 9.67 Å². The molecule has 1 aromatic heterocycles. The maximum absolute atomic E-state index is 12.0. The van der Waals surface area contributed by atoms with Crippen LogP contribution in [0.15, 0.2) is 30.6 Å². The molecule has 6 heteroatoms. The normalized spacial score (nSPS) is 14.7. The highest BCUT2D eigenvalue weighted by atomic mass is 16.2. The van der Waals surface area contributed by atoms with Gasteiger partial charge < -0.3 is 10.6 Å². The molecular formula is C14H17N5O. The van der Waals surface area contributed by atoms with Gasteiger partial charge in [-0.2, -0.15) is 5.10 Å². The summed E-state index contributed by atoms with van der Waals surface area (Å²) in [6.45, 7) is 1.97. The number of hydrogen-bond acceptors (Lipinski definition) is 4. The van der Waals surface area contributed by atoms with Crippen LogP contribution < -0.4 is 5.73 Å². The van der Waals surface area contributed by atoms with E-state index in [1.807, 2.05) is 29.2 Å². The Morgan fingerprint density at radius 3 is 2.60 bits per heavy atom. The Kier molecular flexibility index (Phi) is 3.37. The smallest absolute Gasteiger partial charge is 0.244 e. The third kappa shape index (κ3) is 2.64. The molecule has 2 N–H and O–H groups in total. The monoisotopic (exact) mass is 271 g/mol. The van der Waals surface area contributed by atoms with E-state index in [4.69, 9.17) is 5.73 Å². The van der Waals surface area contributed by atoms with Crippen LogP contribution in [0.25, 0.3) is 11.4 Å². The summed E-state index contributed by atoms with van der Waals surface area (Å²) < 4.78 is 1.59. The first-order chi connectivity index (χ1) is 9.72. The van der Waals surface area contributed by atoms with Gasteiger partial charge in [0.2, 0.25) is 5.91 Å². The number of carbonyl (C=O) groups is 1. The van der Waals surface area contributed by atoms with Crippen molar-refractivity contribution >= 4 is 11.6 Å². The van der Waals surface area contributed by atoms with Crippen molar-refractivity contribution in [3.63, 3.8) is 0 Å². The minimum absolute atomic E-state index is 0.108. The van der Waals surface area contributed by atoms with Crippen molar-refractivity contribution in [2.75, 3.05) is 18.8 Å². The highest BCUT2D eigenvalue weighted by molar-refractivity contribution is 5.76. The number of aromatic nitrogens is 3. The second kappa shape index (κ2) is 5.32. The van der Waals surface area contributed by atoms with E-state index in [0.29, 0.717) is 11.5 Å². The number of rotatable bonds is 3. The van der Waals surface area contributed by atoms with Crippen LogP contribution in [-0.4, -0.2) is 38.7 Å². The lowest BCUT2D eigenvalue weighted by atomic mass is 10.2. The van der Waals surface area contributed by atoms with Gasteiger partial charge >= 0.3 is 0 Å². The third-order valence-electron chi connectivity index (χ3n) is 3.46. The molecule has 104 valence electrons. The van der Waals surface area contributed by atoms with Gasteiger partial charge in [0.25, 0.3) is 0 Å². The van der Waals surface area contributed by atoms with Crippen LogP contribution in [0.3, 0.4) is 0 Å². The predicted molar refractivity (Wildman–Crippen MR) is 75.7 cm³/mol. The molecule has 1 aromatic carbocycles. The number of anilines is 1. The van der Waals surface area contributed by atoms with E-state index in [9.17, 15) is 4.79 Å². The molecule has 0 bridgehead atoms. The second-order valence-corrected chi connectivity index (χ2v) is 4.98. The number of hydrogen-bond donors (Lipinski definition) is 1. The van der Waals surface area contributed by atoms with Crippen LogP contribution in [0.5, 0.6) is 0 Å². The van der Waals surface area contributed by atoms with E-state index in [1.165, 1.54) is 0 Å². The fourth-order valence-corrected chi connectivity index (χ4v) is 2.34. The zero-order chi connectivity index (χ0) is 13.9. The summed E-state index contributed by atoms with van der Waals surface area (Å²) in [5, 5.41) is 4.34. The van der Waals surface area contributed by atoms with Crippen molar-refractivity contribution in [3.05, 3.63) is 30.6 Å². The zero-order valence-corrected chi connectivity index (χ0v) is 11.2. The standard InChI is InChI=1S/C14H17N5O/c15-12-5-3-11(4-6-12)14-16-10-19(17-14)9-13(20)18-7-1-2-8-18/h3-6,10H,1-2,7-9,15H2. The minimum Gasteiger partial charge on any atom is -0.399 e. The van der Waals surface area contributed by atoms with Gasteiger partial charge in [-0.1, -0.05) is 0 Å². The summed E-state index contributed by atoms with van der Waals surface area (Å²) in [5.74, 6) is 0.718. The summed E-state index contributed by atoms with van der Waals surface area (Å²) in [4.78, 5) is 18.1. The number of nitrogens with two attached hydrogens (primary N) is 1. The molecule has 2 aromatic rings. The second-order valence-electron chi connectivity index (χ2n) is 4.98. The lowest BCUT2D eigenvalue weighted by Gasteiger charge is -2.14. The molecule has 3 rings (SSSR count). The molecule has 1 fully saturated rings. The first-order valence-electron chi connectivity index (χ1n) is 6.75. The summed E-state index contributed by atoms with van der Waals surface area (Å²) >= 11 is 0. The van der Waals surface area contributed by atoms with E-state index in [0.717, 1.165) is 31.5 Å². The number of amides is 1. The Morgan fingerprint density at radius 1 is 1.20 bits per heavy atom. The Morgan fingerprint density at radius 2 is 1.90 bits per heavy atom. The molecule has 0 saturated carbocycles. The maximum atomic E-state index is 12.0. The Labute approximate surface area is 117 Å². The number of likely N-dealkylation sites (tertiary alicyclic amines) is 1. The quantitative estimate of drug-likeness (QED) is 0.849. The summed E-state index contributed by atoms with van der Waals surface area (Å²) in [6, 6.07) is 7.37. The molecular weight excluding hydrogens is 254 g/mol. The van der Waals surface area contributed by atoms with Crippen LogP contribution in [0.1, 0.15) is 12.8 Å². The molecule has 0 radical (unpaired) electrons. The maximum Gasteiger partial charge on any atom is 0.244 e. The van der Waals surface area contributed by atoms with Gasteiger partial charge in [-0.15, -0.1) is 0 Å². The number of nitrogen functional groups attached to an aromatic ring is 1. The largest absolute Gasteiger partial charge is 0.399 e. The van der Waals surface area contributed by atoms with Gasteiger partial charge in [0.05, 0.1) is 0 Å². The summed E-state index contributed by atoms with van der Waals surface area (Å²) in [5.41, 5.74) is 7.25. The summed E-state index contributed by atoms with van der Waals surface area (Å²) in [6.07, 6.45) is 3.79. The van der Waals surface area contributed by atoms with Crippen LogP contribution in [0, 0.1) is 0 Å². The highest BCUT2D eigenvalue weighted by Gasteiger charge is 2.18. The SMILES string of the molecule is Nc1ccc(-c2ncn(CC(=O)N3CCCC3)n2)cc1. The number of carbonyl (C=O) groups excluding carboxylic acids is 1. The molecule has 0 atom stereocenters. The molecule has 0 unspecified atom stereocenters. The molecule has 0 spiro atoms. The van der Waals surface area contributed by atoms with Crippen LogP contribution in [-0.2, 0) is 11.3 Å². The fraction of sp³-hybridized carbons (Fsp3) is 0.357. The van der Waals surface area contributed by atoms with Gasteiger partial charge in [-0.05, 0) is 37.1 Å². The van der Waals surface area contributed by atoms with E-state index < -0.39 is 0 Å². The lowest BCUT2D eigenvalue weighted by Crippen LogP contribution is -2.31. The predicted octanol–water partition coefficient (Wildman–Crippen LogP) is 1.15. The highest BCUT2D eigenvalue weighted by Crippen LogP contribution is 2.16. The van der Waals surface area contributed by atoms with E-state index in [1.54, 1.807) is 11.0 Å². The van der Waals surface area contributed by atoms with E-state index in [2.05, 4.69) is 10.1 Å². The topological polar surface area (TPSA) is 77.0 Å². The molecule has 2 heterocycles. The van der Waals surface area contributed by atoms with Gasteiger partial charge in [0.15, 0.2) is 5.82 Å². The third-order valence-corrected chi connectivity index (χ3v) is 3.46. The van der Waals surface area contributed by atoms with Crippen molar-refractivity contribution in [1.29, 1.82) is 0 Å². The van der Waals surface area contributed by atoms with Gasteiger partial charge in [-0.3, -0.25) is 4.79 Å². The molecule has 20 heavy (non-hydrogen) atoms. The molecule has 1 aliphatic rings. The van der Waals surface area contributed by atoms with E-state index in [-0.39, 0.29) is 12.5 Å². The average molecular weight is 271 g/mol. The number of benzene rings is 1. The fourth-order valence-electron chi connectivity index (χ4n) is 2.34. The zero-order valence-electron chi connectivity index (χ0n) is 11.2. The van der Waals surface area contributed by atoms with Crippen molar-refractivity contribution in [3.8, 4) is 11.4 Å². The number of nitrogens with zero attached hydrogens (tertiary/aromatic N) is 4. The van der Waals surface area contributed by atoms with Crippen molar-refractivity contribution in [2.45, 2.75) is 19.4 Å². The lowest BCUT2D eigenvalue weighted by molar-refractivity contribution is -0.130. The minimum atomic E-state index is 0.108. The Hall–Kier alpha value is -2.37. The van der Waals surface area contributed by atoms with Gasteiger partial charge in [0.1, 0.15) is 12.9 Å². The molecule has 1 saturated heterocycles. The van der Waals surface area contributed by atoms with Crippen LogP contribution in [0.4, 0.5) is 5.69 Å². The van der Waals surface area contributed by atoms with Crippen molar-refractivity contribution in [1.82, 2.24) is 19.7 Å². The van der Waals surface area contributed by atoms with Crippen LogP contribution >= 0.6 is 0 Å². The summed E-state index contributed by atoms with van der Waals surface area (Å²) in [7, 11) is 0. The molecule has 1 aliphatic heterocycles. The van der Waals surface area contributed by atoms with Crippen molar-refractivity contribution in [2.24, 2.45) is 0 Å².